The molecule has 0 saturated heterocycles. The molecular weight excluding hydrogens is 353 g/mol. The zero-order valence-corrected chi connectivity index (χ0v) is 12.8. The SMILES string of the molecule is COc1c(C(F)(F)F)cc(Br)cc1C1(C(=O)O)CCCC1. The van der Waals surface area contributed by atoms with Crippen molar-refractivity contribution < 1.29 is 27.8 Å². The van der Waals surface area contributed by atoms with Crippen molar-refractivity contribution in [1.29, 1.82) is 0 Å². The molecule has 0 heterocycles. The van der Waals surface area contributed by atoms with Gasteiger partial charge in [-0.1, -0.05) is 28.8 Å². The highest BCUT2D eigenvalue weighted by molar-refractivity contribution is 9.10. The molecule has 7 heteroatoms. The minimum absolute atomic E-state index is 0.0942. The number of hydrogen-bond donors (Lipinski definition) is 1. The zero-order chi connectivity index (χ0) is 15.8. The van der Waals surface area contributed by atoms with Gasteiger partial charge in [-0.05, 0) is 25.0 Å². The first kappa shape index (κ1) is 16.1. The lowest BCUT2D eigenvalue weighted by Gasteiger charge is -2.28. The maximum absolute atomic E-state index is 13.2. The van der Waals surface area contributed by atoms with Gasteiger partial charge in [-0.3, -0.25) is 4.79 Å². The van der Waals surface area contributed by atoms with E-state index in [0.29, 0.717) is 25.7 Å². The van der Waals surface area contributed by atoms with Crippen LogP contribution in [0.5, 0.6) is 5.75 Å². The number of ether oxygens (including phenoxy) is 1. The third-order valence-corrected chi connectivity index (χ3v) is 4.40. The van der Waals surface area contributed by atoms with E-state index in [0.717, 1.165) is 13.2 Å². The first-order valence-electron chi connectivity index (χ1n) is 6.41. The van der Waals surface area contributed by atoms with Gasteiger partial charge in [0.15, 0.2) is 0 Å². The smallest absolute Gasteiger partial charge is 0.420 e. The molecule has 2 rings (SSSR count). The lowest BCUT2D eigenvalue weighted by molar-refractivity contribution is -0.144. The molecule has 1 saturated carbocycles. The monoisotopic (exact) mass is 366 g/mol. The van der Waals surface area contributed by atoms with Gasteiger partial charge < -0.3 is 9.84 Å². The summed E-state index contributed by atoms with van der Waals surface area (Å²) in [7, 11) is 1.13. The first-order chi connectivity index (χ1) is 9.72. The van der Waals surface area contributed by atoms with Crippen LogP contribution < -0.4 is 4.74 Å². The van der Waals surface area contributed by atoms with E-state index in [1.54, 1.807) is 0 Å². The second-order valence-corrected chi connectivity index (χ2v) is 6.04. The molecule has 0 amide bonds. The molecule has 1 aromatic carbocycles. The van der Waals surface area contributed by atoms with Crippen LogP contribution in [0.2, 0.25) is 0 Å². The molecule has 3 nitrogen and oxygen atoms in total. The maximum Gasteiger partial charge on any atom is 0.420 e. The number of alkyl halides is 3. The van der Waals surface area contributed by atoms with E-state index >= 15 is 0 Å². The normalized spacial score (nSPS) is 17.8. The fourth-order valence-electron chi connectivity index (χ4n) is 2.96. The van der Waals surface area contributed by atoms with Crippen LogP contribution in [0.15, 0.2) is 16.6 Å². The second-order valence-electron chi connectivity index (χ2n) is 5.13. The fourth-order valence-corrected chi connectivity index (χ4v) is 3.41. The number of hydrogen-bond acceptors (Lipinski definition) is 2. The van der Waals surface area contributed by atoms with Crippen molar-refractivity contribution in [2.45, 2.75) is 37.3 Å². The molecule has 21 heavy (non-hydrogen) atoms. The van der Waals surface area contributed by atoms with E-state index in [4.69, 9.17) is 4.74 Å². The Hall–Kier alpha value is -1.24. The van der Waals surface area contributed by atoms with Crippen molar-refractivity contribution >= 4 is 21.9 Å². The summed E-state index contributed by atoms with van der Waals surface area (Å²) in [5, 5.41) is 9.57. The molecular formula is C14H14BrF3O3. The van der Waals surface area contributed by atoms with Crippen LogP contribution >= 0.6 is 15.9 Å². The van der Waals surface area contributed by atoms with E-state index in [2.05, 4.69) is 15.9 Å². The zero-order valence-electron chi connectivity index (χ0n) is 11.3. The molecule has 1 N–H and O–H groups in total. The summed E-state index contributed by atoms with van der Waals surface area (Å²) < 4.78 is 44.6. The summed E-state index contributed by atoms with van der Waals surface area (Å²) in [6.07, 6.45) is -2.65. The molecule has 0 bridgehead atoms. The minimum Gasteiger partial charge on any atom is -0.496 e. The number of benzene rings is 1. The highest BCUT2D eigenvalue weighted by Gasteiger charge is 2.47. The summed E-state index contributed by atoms with van der Waals surface area (Å²) >= 11 is 3.04. The Bertz CT molecular complexity index is 563. The fraction of sp³-hybridized carbons (Fsp3) is 0.500. The van der Waals surface area contributed by atoms with Crippen LogP contribution in [0.3, 0.4) is 0 Å². The quantitative estimate of drug-likeness (QED) is 0.863. The molecule has 1 aromatic rings. The largest absolute Gasteiger partial charge is 0.496 e. The summed E-state index contributed by atoms with van der Waals surface area (Å²) in [6.45, 7) is 0. The van der Waals surface area contributed by atoms with E-state index in [9.17, 15) is 23.1 Å². The Kier molecular flexibility index (Phi) is 4.24. The standard InChI is InChI=1S/C14H14BrF3O3/c1-21-11-9(13(12(19)20)4-2-3-5-13)6-8(15)7-10(11)14(16,17)18/h6-7H,2-5H2,1H3,(H,19,20). The van der Waals surface area contributed by atoms with Gasteiger partial charge in [0.05, 0.1) is 18.1 Å². The van der Waals surface area contributed by atoms with Crippen LogP contribution in [0.4, 0.5) is 13.2 Å². The van der Waals surface area contributed by atoms with Gasteiger partial charge in [0.1, 0.15) is 5.75 Å². The molecule has 1 aliphatic carbocycles. The average Bonchev–Trinajstić information content (AvgIpc) is 2.87. The number of halogens is 4. The lowest BCUT2D eigenvalue weighted by Crippen LogP contribution is -2.33. The van der Waals surface area contributed by atoms with Crippen LogP contribution in [0.25, 0.3) is 0 Å². The van der Waals surface area contributed by atoms with Gasteiger partial charge >= 0.3 is 12.1 Å². The number of carboxylic acid groups (broad SMARTS) is 1. The summed E-state index contributed by atoms with van der Waals surface area (Å²) in [5.41, 5.74) is -2.17. The number of carbonyl (C=O) groups is 1. The van der Waals surface area contributed by atoms with Crippen LogP contribution in [0.1, 0.15) is 36.8 Å². The Labute approximate surface area is 128 Å². The number of carboxylic acids is 1. The summed E-state index contributed by atoms with van der Waals surface area (Å²) in [6, 6.07) is 2.33. The van der Waals surface area contributed by atoms with Gasteiger partial charge in [0.2, 0.25) is 0 Å². The third-order valence-electron chi connectivity index (χ3n) is 3.95. The number of aliphatic carboxylic acids is 1. The predicted octanol–water partition coefficient (Wildman–Crippen LogP) is 4.37. The van der Waals surface area contributed by atoms with Gasteiger partial charge in [0.25, 0.3) is 0 Å². The second kappa shape index (κ2) is 5.51. The summed E-state index contributed by atoms with van der Waals surface area (Å²) in [4.78, 5) is 11.7. The topological polar surface area (TPSA) is 46.5 Å². The highest BCUT2D eigenvalue weighted by Crippen LogP contribution is 2.49. The van der Waals surface area contributed by atoms with Crippen molar-refractivity contribution in [3.05, 3.63) is 27.7 Å². The molecule has 0 atom stereocenters. The lowest BCUT2D eigenvalue weighted by atomic mass is 9.77. The van der Waals surface area contributed by atoms with Crippen molar-refractivity contribution in [3.63, 3.8) is 0 Å². The Morgan fingerprint density at radius 2 is 1.90 bits per heavy atom. The molecule has 0 radical (unpaired) electrons. The van der Waals surface area contributed by atoms with Crippen LogP contribution in [-0.4, -0.2) is 18.2 Å². The van der Waals surface area contributed by atoms with E-state index in [1.165, 1.54) is 6.07 Å². The van der Waals surface area contributed by atoms with Gasteiger partial charge in [-0.15, -0.1) is 0 Å². The van der Waals surface area contributed by atoms with E-state index in [-0.39, 0.29) is 10.0 Å². The molecule has 0 spiro atoms. The molecule has 0 aromatic heterocycles. The minimum atomic E-state index is -4.61. The van der Waals surface area contributed by atoms with Gasteiger partial charge in [-0.25, -0.2) is 0 Å². The molecule has 0 unspecified atom stereocenters. The average molecular weight is 367 g/mol. The van der Waals surface area contributed by atoms with Crippen LogP contribution in [-0.2, 0) is 16.4 Å². The molecule has 0 aliphatic heterocycles. The summed E-state index contributed by atoms with van der Waals surface area (Å²) in [5.74, 6) is -1.50. The first-order valence-corrected chi connectivity index (χ1v) is 7.20. The predicted molar refractivity (Wildman–Crippen MR) is 73.5 cm³/mol. The number of rotatable bonds is 3. The van der Waals surface area contributed by atoms with E-state index < -0.39 is 28.9 Å². The number of methoxy groups -OCH3 is 1. The van der Waals surface area contributed by atoms with Crippen molar-refractivity contribution in [2.75, 3.05) is 7.11 Å². The molecule has 116 valence electrons. The van der Waals surface area contributed by atoms with Crippen molar-refractivity contribution in [3.8, 4) is 5.75 Å². The Balaban J connectivity index is 2.74. The highest BCUT2D eigenvalue weighted by atomic mass is 79.9. The Morgan fingerprint density at radius 3 is 2.33 bits per heavy atom. The van der Waals surface area contributed by atoms with Crippen molar-refractivity contribution in [2.24, 2.45) is 0 Å². The van der Waals surface area contributed by atoms with E-state index in [1.807, 2.05) is 0 Å². The van der Waals surface area contributed by atoms with Crippen molar-refractivity contribution in [1.82, 2.24) is 0 Å². The molecule has 1 fully saturated rings. The van der Waals surface area contributed by atoms with Gasteiger partial charge in [0, 0.05) is 10.0 Å². The van der Waals surface area contributed by atoms with Crippen LogP contribution in [0, 0.1) is 0 Å². The van der Waals surface area contributed by atoms with Gasteiger partial charge in [-0.2, -0.15) is 13.2 Å². The Morgan fingerprint density at radius 1 is 1.33 bits per heavy atom. The third kappa shape index (κ3) is 2.75. The molecule has 1 aliphatic rings. The maximum atomic E-state index is 13.2.